The molecular weight excluding hydrogens is 448 g/mol. The summed E-state index contributed by atoms with van der Waals surface area (Å²) in [6.45, 7) is 6.33. The predicted molar refractivity (Wildman–Crippen MR) is 129 cm³/mol. The number of carbonyl (C=O) groups is 2. The molecule has 1 aliphatic heterocycles. The van der Waals surface area contributed by atoms with Crippen LogP contribution in [0.25, 0.3) is 6.08 Å². The quantitative estimate of drug-likeness (QED) is 0.334. The molecule has 1 N–H and O–H groups in total. The molecule has 0 radical (unpaired) electrons. The lowest BCUT2D eigenvalue weighted by molar-refractivity contribution is -0.123. The number of thioether (sulfide) groups is 1. The third-order valence-electron chi connectivity index (χ3n) is 4.28. The number of benzene rings is 2. The summed E-state index contributed by atoms with van der Waals surface area (Å²) in [5, 5.41) is 1.07. The van der Waals surface area contributed by atoms with Crippen molar-refractivity contribution in [2.24, 2.45) is 0 Å². The molecule has 0 unspecified atom stereocenters. The summed E-state index contributed by atoms with van der Waals surface area (Å²) in [5.74, 6) is 0.913. The minimum atomic E-state index is -0.451. The van der Waals surface area contributed by atoms with Crippen LogP contribution in [0.1, 0.15) is 22.8 Å². The zero-order valence-corrected chi connectivity index (χ0v) is 19.3. The van der Waals surface area contributed by atoms with Crippen molar-refractivity contribution >= 4 is 46.2 Å². The monoisotopic (exact) mass is 470 g/mol. The minimum Gasteiger partial charge on any atom is -0.497 e. The summed E-state index contributed by atoms with van der Waals surface area (Å²) in [6.07, 6.45) is 3.34. The van der Waals surface area contributed by atoms with E-state index in [1.165, 1.54) is 0 Å². The van der Waals surface area contributed by atoms with Gasteiger partial charge in [0.15, 0.2) is 15.8 Å². The minimum absolute atomic E-state index is 0.235. The summed E-state index contributed by atoms with van der Waals surface area (Å²) in [6, 6.07) is 11.9. The number of methoxy groups -OCH3 is 1. The highest BCUT2D eigenvalue weighted by Gasteiger charge is 2.33. The maximum atomic E-state index is 12.9. The van der Waals surface area contributed by atoms with E-state index in [4.69, 9.17) is 26.4 Å². The number of thiocarbonyl (C=S) groups is 1. The number of amides is 2. The van der Waals surface area contributed by atoms with Crippen molar-refractivity contribution in [2.45, 2.75) is 6.92 Å². The molecule has 7 nitrogen and oxygen atoms in total. The highest BCUT2D eigenvalue weighted by Crippen LogP contribution is 2.34. The molecule has 9 heteroatoms. The molecule has 1 heterocycles. The molecule has 1 aliphatic rings. The third-order valence-corrected chi connectivity index (χ3v) is 5.58. The van der Waals surface area contributed by atoms with Crippen molar-refractivity contribution in [3.63, 3.8) is 0 Å². The van der Waals surface area contributed by atoms with Gasteiger partial charge >= 0.3 is 0 Å². The second-order valence-electron chi connectivity index (χ2n) is 6.43. The van der Waals surface area contributed by atoms with Crippen LogP contribution in [-0.4, -0.2) is 41.5 Å². The Morgan fingerprint density at radius 1 is 1.19 bits per heavy atom. The average Bonchev–Trinajstić information content (AvgIpc) is 3.06. The molecule has 166 valence electrons. The SMILES string of the molecule is C=CCOc1ccc(/C=C2/SC(=S)N(NC(=O)c3ccc(OC)cc3)C2=O)cc1OCC. The summed E-state index contributed by atoms with van der Waals surface area (Å²) >= 11 is 6.40. The third kappa shape index (κ3) is 5.49. The van der Waals surface area contributed by atoms with E-state index < -0.39 is 11.8 Å². The lowest BCUT2D eigenvalue weighted by Crippen LogP contribution is -2.44. The van der Waals surface area contributed by atoms with Gasteiger partial charge in [-0.2, -0.15) is 5.01 Å². The van der Waals surface area contributed by atoms with Crippen LogP contribution in [0.4, 0.5) is 0 Å². The Hall–Kier alpha value is -3.30. The van der Waals surface area contributed by atoms with Crippen LogP contribution < -0.4 is 19.6 Å². The van der Waals surface area contributed by atoms with E-state index in [2.05, 4.69) is 12.0 Å². The molecular formula is C23H22N2O5S2. The van der Waals surface area contributed by atoms with Crippen LogP contribution in [0.3, 0.4) is 0 Å². The van der Waals surface area contributed by atoms with Crippen molar-refractivity contribution in [1.29, 1.82) is 0 Å². The summed E-state index contributed by atoms with van der Waals surface area (Å²) in [5.41, 5.74) is 3.67. The van der Waals surface area contributed by atoms with Gasteiger partial charge in [0.05, 0.1) is 18.6 Å². The predicted octanol–water partition coefficient (Wildman–Crippen LogP) is 4.20. The fourth-order valence-corrected chi connectivity index (χ4v) is 3.95. The lowest BCUT2D eigenvalue weighted by Gasteiger charge is -2.15. The highest BCUT2D eigenvalue weighted by atomic mass is 32.2. The van der Waals surface area contributed by atoms with Crippen molar-refractivity contribution in [2.75, 3.05) is 20.3 Å². The smallest absolute Gasteiger partial charge is 0.285 e. The first-order valence-corrected chi connectivity index (χ1v) is 10.9. The van der Waals surface area contributed by atoms with E-state index in [1.807, 2.05) is 13.0 Å². The van der Waals surface area contributed by atoms with E-state index in [0.717, 1.165) is 22.3 Å². The highest BCUT2D eigenvalue weighted by molar-refractivity contribution is 8.26. The van der Waals surface area contributed by atoms with Crippen LogP contribution in [0.2, 0.25) is 0 Å². The van der Waals surface area contributed by atoms with Gasteiger partial charge in [-0.3, -0.25) is 15.0 Å². The second-order valence-corrected chi connectivity index (χ2v) is 8.10. The molecule has 2 amide bonds. The zero-order chi connectivity index (χ0) is 23.1. The van der Waals surface area contributed by atoms with Gasteiger partial charge in [-0.05, 0) is 67.2 Å². The lowest BCUT2D eigenvalue weighted by atomic mass is 10.2. The van der Waals surface area contributed by atoms with Crippen molar-refractivity contribution in [1.82, 2.24) is 10.4 Å². The Kier molecular flexibility index (Phi) is 7.91. The molecule has 2 aromatic rings. The van der Waals surface area contributed by atoms with Crippen LogP contribution in [-0.2, 0) is 4.79 Å². The summed E-state index contributed by atoms with van der Waals surface area (Å²) in [4.78, 5) is 25.8. The van der Waals surface area contributed by atoms with Crippen molar-refractivity contribution in [3.05, 3.63) is 71.2 Å². The number of hydrogen-bond donors (Lipinski definition) is 1. The van der Waals surface area contributed by atoms with E-state index in [0.29, 0.717) is 40.9 Å². The number of ether oxygens (including phenoxy) is 3. The second kappa shape index (κ2) is 10.8. The molecule has 0 aromatic heterocycles. The number of nitrogens with zero attached hydrogens (tertiary/aromatic N) is 1. The molecule has 1 saturated heterocycles. The Morgan fingerprint density at radius 3 is 2.59 bits per heavy atom. The number of hydrogen-bond acceptors (Lipinski definition) is 7. The Morgan fingerprint density at radius 2 is 1.94 bits per heavy atom. The molecule has 32 heavy (non-hydrogen) atoms. The van der Waals surface area contributed by atoms with Crippen molar-refractivity contribution < 1.29 is 23.8 Å². The van der Waals surface area contributed by atoms with E-state index in [9.17, 15) is 9.59 Å². The summed E-state index contributed by atoms with van der Waals surface area (Å²) in [7, 11) is 1.54. The molecule has 0 saturated carbocycles. The molecule has 0 atom stereocenters. The number of rotatable bonds is 9. The van der Waals surface area contributed by atoms with Crippen LogP contribution in [0, 0.1) is 0 Å². The van der Waals surface area contributed by atoms with Gasteiger partial charge in [-0.25, -0.2) is 0 Å². The Labute approximate surface area is 196 Å². The van der Waals surface area contributed by atoms with Crippen molar-refractivity contribution in [3.8, 4) is 17.2 Å². The fourth-order valence-electron chi connectivity index (χ4n) is 2.77. The van der Waals surface area contributed by atoms with Gasteiger partial charge in [-0.1, -0.05) is 30.5 Å². The fraction of sp³-hybridized carbons (Fsp3) is 0.174. The topological polar surface area (TPSA) is 77.1 Å². The Balaban J connectivity index is 1.76. The first kappa shape index (κ1) is 23.4. The average molecular weight is 471 g/mol. The molecule has 0 spiro atoms. The normalized spacial score (nSPS) is 14.4. The van der Waals surface area contributed by atoms with Crippen LogP contribution >= 0.6 is 24.0 Å². The number of nitrogens with one attached hydrogen (secondary N) is 1. The largest absolute Gasteiger partial charge is 0.497 e. The maximum absolute atomic E-state index is 12.9. The summed E-state index contributed by atoms with van der Waals surface area (Å²) < 4.78 is 16.6. The van der Waals surface area contributed by atoms with Crippen LogP contribution in [0.5, 0.6) is 17.2 Å². The van der Waals surface area contributed by atoms with Gasteiger partial charge in [0, 0.05) is 5.56 Å². The molecule has 0 aliphatic carbocycles. The standard InChI is InChI=1S/C23H22N2O5S2/c1-4-12-30-18-11-6-15(13-19(18)29-5-2)14-20-22(27)25(23(31)32-20)24-21(26)16-7-9-17(28-3)10-8-16/h4,6-11,13-14H,1,5,12H2,2-3H3,(H,24,26)/b20-14+. The van der Waals surface area contributed by atoms with Crippen LogP contribution in [0.15, 0.2) is 60.0 Å². The van der Waals surface area contributed by atoms with E-state index >= 15 is 0 Å². The first-order chi connectivity index (χ1) is 15.5. The Bertz CT molecular complexity index is 1070. The molecule has 3 rings (SSSR count). The zero-order valence-electron chi connectivity index (χ0n) is 17.6. The van der Waals surface area contributed by atoms with Gasteiger partial charge in [0.25, 0.3) is 11.8 Å². The van der Waals surface area contributed by atoms with E-state index in [1.54, 1.807) is 55.7 Å². The molecule has 2 aromatic carbocycles. The number of hydrazine groups is 1. The van der Waals surface area contributed by atoms with Gasteiger partial charge < -0.3 is 14.2 Å². The molecule has 1 fully saturated rings. The first-order valence-electron chi connectivity index (χ1n) is 9.70. The van der Waals surface area contributed by atoms with Gasteiger partial charge in [-0.15, -0.1) is 0 Å². The maximum Gasteiger partial charge on any atom is 0.285 e. The van der Waals surface area contributed by atoms with Gasteiger partial charge in [0.1, 0.15) is 12.4 Å². The van der Waals surface area contributed by atoms with E-state index in [-0.39, 0.29) is 4.32 Å². The van der Waals surface area contributed by atoms with Gasteiger partial charge in [0.2, 0.25) is 0 Å². The number of carbonyl (C=O) groups excluding carboxylic acids is 2. The molecule has 0 bridgehead atoms.